The van der Waals surface area contributed by atoms with Crippen molar-refractivity contribution in [2.75, 3.05) is 20.3 Å². The summed E-state index contributed by atoms with van der Waals surface area (Å²) in [5.74, 6) is -0.0140. The largest absolute Gasteiger partial charge is 0.379 e. The average molecular weight is 269 g/mol. The molecule has 1 fully saturated rings. The maximum atomic E-state index is 12.1. The number of methoxy groups -OCH3 is 1. The van der Waals surface area contributed by atoms with E-state index in [0.717, 1.165) is 18.4 Å². The molecule has 0 spiro atoms. The van der Waals surface area contributed by atoms with E-state index in [1.807, 2.05) is 11.4 Å². The monoisotopic (exact) mass is 269 g/mol. The van der Waals surface area contributed by atoms with E-state index >= 15 is 0 Å². The second-order valence-corrected chi connectivity index (χ2v) is 5.37. The molecule has 5 heteroatoms. The molecule has 100 valence electrons. The average Bonchev–Trinajstić information content (AvgIpc) is 2.88. The van der Waals surface area contributed by atoms with Crippen LogP contribution in [0.4, 0.5) is 0 Å². The number of thiophene rings is 1. The van der Waals surface area contributed by atoms with Gasteiger partial charge in [0, 0.05) is 24.0 Å². The molecule has 0 unspecified atom stereocenters. The molecule has 0 bridgehead atoms. The summed E-state index contributed by atoms with van der Waals surface area (Å²) < 4.78 is 10.7. The minimum absolute atomic E-state index is 0.0140. The van der Waals surface area contributed by atoms with Gasteiger partial charge >= 0.3 is 0 Å². The highest BCUT2D eigenvalue weighted by molar-refractivity contribution is 7.10. The SMILES string of the molecule is CCc1cc(C(=O)N[C@@H]2CCOC[C@H]2OC)cs1. The molecular formula is C13H19NO3S. The molecule has 2 rings (SSSR count). The van der Waals surface area contributed by atoms with Crippen molar-refractivity contribution in [2.24, 2.45) is 0 Å². The number of amides is 1. The molecule has 0 saturated carbocycles. The summed E-state index contributed by atoms with van der Waals surface area (Å²) in [6.07, 6.45) is 1.72. The van der Waals surface area contributed by atoms with Crippen LogP contribution in [0, 0.1) is 0 Å². The lowest BCUT2D eigenvalue weighted by molar-refractivity contribution is -0.0479. The zero-order chi connectivity index (χ0) is 13.0. The minimum Gasteiger partial charge on any atom is -0.379 e. The number of ether oxygens (including phenoxy) is 2. The summed E-state index contributed by atoms with van der Waals surface area (Å²) in [6.45, 7) is 3.31. The predicted octanol–water partition coefficient (Wildman–Crippen LogP) is 1.84. The van der Waals surface area contributed by atoms with Crippen molar-refractivity contribution in [3.63, 3.8) is 0 Å². The lowest BCUT2D eigenvalue weighted by Crippen LogP contribution is -2.49. The van der Waals surface area contributed by atoms with Gasteiger partial charge in [0.2, 0.25) is 0 Å². The molecule has 2 atom stereocenters. The van der Waals surface area contributed by atoms with E-state index in [4.69, 9.17) is 9.47 Å². The second-order valence-electron chi connectivity index (χ2n) is 4.37. The molecule has 1 amide bonds. The van der Waals surface area contributed by atoms with Crippen LogP contribution in [0.3, 0.4) is 0 Å². The maximum Gasteiger partial charge on any atom is 0.252 e. The topological polar surface area (TPSA) is 47.6 Å². The zero-order valence-corrected chi connectivity index (χ0v) is 11.6. The predicted molar refractivity (Wildman–Crippen MR) is 71.2 cm³/mol. The summed E-state index contributed by atoms with van der Waals surface area (Å²) in [4.78, 5) is 13.3. The van der Waals surface area contributed by atoms with Crippen LogP contribution in [-0.2, 0) is 15.9 Å². The van der Waals surface area contributed by atoms with Crippen LogP contribution >= 0.6 is 11.3 Å². The summed E-state index contributed by atoms with van der Waals surface area (Å²) in [5, 5.41) is 4.95. The van der Waals surface area contributed by atoms with Crippen molar-refractivity contribution in [3.8, 4) is 0 Å². The van der Waals surface area contributed by atoms with Crippen molar-refractivity contribution in [3.05, 3.63) is 21.9 Å². The Hall–Kier alpha value is -0.910. The standard InChI is InChI=1S/C13H19NO3S/c1-3-10-6-9(8-18-10)13(15)14-11-4-5-17-7-12(11)16-2/h6,8,11-12H,3-5,7H2,1-2H3,(H,14,15)/t11-,12-/m1/s1. The molecule has 1 aromatic rings. The van der Waals surface area contributed by atoms with Gasteiger partial charge in [0.1, 0.15) is 6.10 Å². The van der Waals surface area contributed by atoms with Crippen LogP contribution in [0.1, 0.15) is 28.6 Å². The molecule has 1 aliphatic rings. The quantitative estimate of drug-likeness (QED) is 0.907. The van der Waals surface area contributed by atoms with Crippen molar-refractivity contribution in [1.29, 1.82) is 0 Å². The molecule has 4 nitrogen and oxygen atoms in total. The highest BCUT2D eigenvalue weighted by atomic mass is 32.1. The molecule has 1 aliphatic heterocycles. The van der Waals surface area contributed by atoms with E-state index in [1.165, 1.54) is 4.88 Å². The first-order valence-electron chi connectivity index (χ1n) is 6.23. The fourth-order valence-corrected chi connectivity index (χ4v) is 2.86. The fourth-order valence-electron chi connectivity index (χ4n) is 2.05. The second kappa shape index (κ2) is 6.31. The first-order valence-corrected chi connectivity index (χ1v) is 7.11. The number of carbonyl (C=O) groups is 1. The Morgan fingerprint density at radius 2 is 2.50 bits per heavy atom. The normalized spacial score (nSPS) is 23.9. The maximum absolute atomic E-state index is 12.1. The highest BCUT2D eigenvalue weighted by Crippen LogP contribution is 2.16. The highest BCUT2D eigenvalue weighted by Gasteiger charge is 2.27. The number of hydrogen-bond acceptors (Lipinski definition) is 4. The molecular weight excluding hydrogens is 250 g/mol. The van der Waals surface area contributed by atoms with Crippen molar-refractivity contribution in [2.45, 2.75) is 31.9 Å². The van der Waals surface area contributed by atoms with Gasteiger partial charge in [-0.15, -0.1) is 11.3 Å². The van der Waals surface area contributed by atoms with Crippen molar-refractivity contribution < 1.29 is 14.3 Å². The Balaban J connectivity index is 1.97. The Kier molecular flexibility index (Phi) is 4.74. The lowest BCUT2D eigenvalue weighted by Gasteiger charge is -2.30. The van der Waals surface area contributed by atoms with Crippen LogP contribution < -0.4 is 5.32 Å². The van der Waals surface area contributed by atoms with Gasteiger partial charge in [-0.25, -0.2) is 0 Å². The van der Waals surface area contributed by atoms with Crippen LogP contribution in [0.25, 0.3) is 0 Å². The van der Waals surface area contributed by atoms with Gasteiger partial charge in [-0.1, -0.05) is 6.92 Å². The minimum atomic E-state index is -0.0491. The van der Waals surface area contributed by atoms with Crippen molar-refractivity contribution in [1.82, 2.24) is 5.32 Å². The van der Waals surface area contributed by atoms with E-state index in [9.17, 15) is 4.79 Å². The van der Waals surface area contributed by atoms with Gasteiger partial charge in [0.05, 0.1) is 18.2 Å². The smallest absolute Gasteiger partial charge is 0.252 e. The van der Waals surface area contributed by atoms with Crippen LogP contribution in [0.5, 0.6) is 0 Å². The molecule has 0 aliphatic carbocycles. The lowest BCUT2D eigenvalue weighted by atomic mass is 10.1. The number of carbonyl (C=O) groups excluding carboxylic acids is 1. The molecule has 18 heavy (non-hydrogen) atoms. The Labute approximate surface area is 111 Å². The third-order valence-electron chi connectivity index (χ3n) is 3.19. The van der Waals surface area contributed by atoms with E-state index in [1.54, 1.807) is 18.4 Å². The summed E-state index contributed by atoms with van der Waals surface area (Å²) in [7, 11) is 1.65. The van der Waals surface area contributed by atoms with Crippen LogP contribution in [0.15, 0.2) is 11.4 Å². The number of nitrogens with one attached hydrogen (secondary N) is 1. The van der Waals surface area contributed by atoms with Gasteiger partial charge in [-0.05, 0) is 18.9 Å². The van der Waals surface area contributed by atoms with Gasteiger partial charge in [-0.2, -0.15) is 0 Å². The first kappa shape index (κ1) is 13.5. The van der Waals surface area contributed by atoms with E-state index in [-0.39, 0.29) is 18.1 Å². The Morgan fingerprint density at radius 3 is 3.17 bits per heavy atom. The molecule has 1 aromatic heterocycles. The molecule has 1 N–H and O–H groups in total. The molecule has 0 aromatic carbocycles. The van der Waals surface area contributed by atoms with Crippen molar-refractivity contribution >= 4 is 17.2 Å². The van der Waals surface area contributed by atoms with Gasteiger partial charge in [-0.3, -0.25) is 4.79 Å². The number of hydrogen-bond donors (Lipinski definition) is 1. The summed E-state index contributed by atoms with van der Waals surface area (Å²) in [5.41, 5.74) is 0.748. The summed E-state index contributed by atoms with van der Waals surface area (Å²) >= 11 is 1.63. The molecule has 0 radical (unpaired) electrons. The van der Waals surface area contributed by atoms with Crippen LogP contribution in [0.2, 0.25) is 0 Å². The first-order chi connectivity index (χ1) is 8.74. The van der Waals surface area contributed by atoms with Gasteiger partial charge < -0.3 is 14.8 Å². The molecule has 2 heterocycles. The zero-order valence-electron chi connectivity index (χ0n) is 10.8. The van der Waals surface area contributed by atoms with E-state index in [2.05, 4.69) is 12.2 Å². The Bertz CT molecular complexity index is 405. The summed E-state index contributed by atoms with van der Waals surface area (Å²) in [6, 6.07) is 2.00. The Morgan fingerprint density at radius 1 is 1.67 bits per heavy atom. The number of rotatable bonds is 4. The van der Waals surface area contributed by atoms with E-state index in [0.29, 0.717) is 13.2 Å². The third-order valence-corrected chi connectivity index (χ3v) is 4.27. The van der Waals surface area contributed by atoms with Gasteiger partial charge in [0.15, 0.2) is 0 Å². The molecule has 1 saturated heterocycles. The third kappa shape index (κ3) is 3.10. The van der Waals surface area contributed by atoms with E-state index < -0.39 is 0 Å². The fraction of sp³-hybridized carbons (Fsp3) is 0.615. The van der Waals surface area contributed by atoms with Crippen LogP contribution in [-0.4, -0.2) is 38.4 Å². The number of aryl methyl sites for hydroxylation is 1. The van der Waals surface area contributed by atoms with Gasteiger partial charge in [0.25, 0.3) is 5.91 Å².